The minimum atomic E-state index is 0.550. The van der Waals surface area contributed by atoms with Crippen LogP contribution in [0.15, 0.2) is 10.1 Å². The van der Waals surface area contributed by atoms with E-state index in [2.05, 4.69) is 10.2 Å². The molecule has 0 N–H and O–H groups in total. The Balaban J connectivity index is 3.05. The van der Waals surface area contributed by atoms with Crippen molar-refractivity contribution < 1.29 is 4.68 Å². The van der Waals surface area contributed by atoms with E-state index in [1.807, 2.05) is 16.8 Å². The van der Waals surface area contributed by atoms with Gasteiger partial charge in [-0.2, -0.15) is 0 Å². The van der Waals surface area contributed by atoms with Gasteiger partial charge in [0.1, 0.15) is 0 Å². The normalized spacial score (nSPS) is 8.83. The van der Waals surface area contributed by atoms with Crippen molar-refractivity contribution in [2.45, 2.75) is 0 Å². The van der Waals surface area contributed by atoms with Gasteiger partial charge in [-0.15, -0.1) is 0 Å². The molecule has 0 amide bonds. The van der Waals surface area contributed by atoms with Gasteiger partial charge >= 0.3 is 41.5 Å². The van der Waals surface area contributed by atoms with Crippen LogP contribution in [0.25, 0.3) is 0 Å². The molecule has 1 heterocycles. The van der Waals surface area contributed by atoms with Crippen LogP contribution in [-0.4, -0.2) is 19.6 Å². The molecule has 0 saturated carbocycles. The van der Waals surface area contributed by atoms with Gasteiger partial charge in [0.15, 0.2) is 0 Å². The van der Waals surface area contributed by atoms with Crippen LogP contribution in [0, 0.1) is 0 Å². The van der Waals surface area contributed by atoms with Crippen LogP contribution in [0.3, 0.4) is 0 Å². The third kappa shape index (κ3) is 0.671. The monoisotopic (exact) mass is 149 g/mol. The summed E-state index contributed by atoms with van der Waals surface area (Å²) in [4.78, 5) is 0. The molecule has 0 aromatic carbocycles. The van der Waals surface area contributed by atoms with Crippen molar-refractivity contribution in [1.82, 2.24) is 5.10 Å². The van der Waals surface area contributed by atoms with Crippen LogP contribution in [0.1, 0.15) is 0 Å². The molecule has 1 aromatic rings. The van der Waals surface area contributed by atoms with Crippen LogP contribution in [0.5, 0.6) is 0 Å². The molecule has 0 radical (unpaired) electrons. The quantitative estimate of drug-likeness (QED) is 0.339. The van der Waals surface area contributed by atoms with Crippen molar-refractivity contribution in [3.8, 4) is 0 Å². The third-order valence-corrected chi connectivity index (χ3v) is 1.85. The van der Waals surface area contributed by atoms with E-state index in [0.717, 1.165) is 0 Å². The molecule has 32 valence electrons. The summed E-state index contributed by atoms with van der Waals surface area (Å²) in [5.41, 5.74) is 0. The summed E-state index contributed by atoms with van der Waals surface area (Å²) in [5, 5.41) is 7.93. The molecule has 1 rings (SSSR count). The Hall–Kier alpha value is -0.141. The van der Waals surface area contributed by atoms with Crippen molar-refractivity contribution in [2.24, 2.45) is 7.05 Å². The molecule has 1 aromatic heterocycles. The maximum absolute atomic E-state index is 3.92. The van der Waals surface area contributed by atoms with Gasteiger partial charge in [0.05, 0.1) is 0 Å². The van der Waals surface area contributed by atoms with Gasteiger partial charge < -0.3 is 0 Å². The van der Waals surface area contributed by atoms with E-state index in [0.29, 0.717) is 14.5 Å². The van der Waals surface area contributed by atoms with Crippen molar-refractivity contribution in [3.63, 3.8) is 0 Å². The summed E-state index contributed by atoms with van der Waals surface area (Å²) >= 11 is 0.550. The molecular formula is C3H5N2Se+. The Kier molecular flexibility index (Phi) is 1.03. The zero-order valence-corrected chi connectivity index (χ0v) is 5.17. The van der Waals surface area contributed by atoms with Crippen LogP contribution < -0.4 is 4.68 Å². The SMILES string of the molecule is C[n+]1c[se]cn1. The molecule has 0 aliphatic carbocycles. The second kappa shape index (κ2) is 1.54. The number of hydrogen-bond donors (Lipinski definition) is 0. The number of nitrogens with zero attached hydrogens (tertiary/aromatic N) is 2. The van der Waals surface area contributed by atoms with Gasteiger partial charge in [-0.1, -0.05) is 0 Å². The standard InChI is InChI=1S/C3H5N2Se/c1-5-3-6-2-4-5/h2-3H,1H3/q+1. The average Bonchev–Trinajstić information content (AvgIpc) is 1.86. The summed E-state index contributed by atoms with van der Waals surface area (Å²) in [7, 11) is 1.94. The first-order valence-corrected chi connectivity index (χ1v) is 3.61. The van der Waals surface area contributed by atoms with Crippen LogP contribution in [0.4, 0.5) is 0 Å². The number of aryl methyl sites for hydroxylation is 1. The van der Waals surface area contributed by atoms with E-state index < -0.39 is 0 Å². The van der Waals surface area contributed by atoms with Crippen molar-refractivity contribution in [2.75, 3.05) is 0 Å². The molecular weight excluding hydrogens is 143 g/mol. The second-order valence-electron chi connectivity index (χ2n) is 1.04. The molecule has 0 unspecified atom stereocenters. The van der Waals surface area contributed by atoms with Crippen LogP contribution >= 0.6 is 0 Å². The Bertz CT molecular complexity index is 112. The van der Waals surface area contributed by atoms with Gasteiger partial charge in [-0.25, -0.2) is 0 Å². The van der Waals surface area contributed by atoms with Gasteiger partial charge in [0.2, 0.25) is 0 Å². The number of aromatic nitrogens is 2. The van der Waals surface area contributed by atoms with Crippen molar-refractivity contribution in [1.29, 1.82) is 0 Å². The van der Waals surface area contributed by atoms with E-state index >= 15 is 0 Å². The van der Waals surface area contributed by atoms with E-state index in [1.54, 1.807) is 0 Å². The average molecular weight is 148 g/mol. The third-order valence-electron chi connectivity index (χ3n) is 0.504. The Labute approximate surface area is 42.2 Å². The topological polar surface area (TPSA) is 16.8 Å². The zero-order valence-electron chi connectivity index (χ0n) is 3.46. The second-order valence-corrected chi connectivity index (χ2v) is 2.49. The fraction of sp³-hybridized carbons (Fsp3) is 0.333. The molecule has 0 atom stereocenters. The van der Waals surface area contributed by atoms with E-state index in [-0.39, 0.29) is 0 Å². The van der Waals surface area contributed by atoms with Crippen molar-refractivity contribution >= 4 is 14.5 Å². The zero-order chi connectivity index (χ0) is 4.41. The summed E-state index contributed by atoms with van der Waals surface area (Å²) in [6, 6.07) is 0. The minimum absolute atomic E-state index is 0.550. The fourth-order valence-electron chi connectivity index (χ4n) is 0.244. The predicted molar refractivity (Wildman–Crippen MR) is 22.4 cm³/mol. The molecule has 0 saturated heterocycles. The fourth-order valence-corrected chi connectivity index (χ4v) is 1.27. The predicted octanol–water partition coefficient (Wildman–Crippen LogP) is -1.04. The molecule has 6 heavy (non-hydrogen) atoms. The first kappa shape index (κ1) is 4.03. The summed E-state index contributed by atoms with van der Waals surface area (Å²) in [5.74, 6) is 0. The molecule has 0 bridgehead atoms. The summed E-state index contributed by atoms with van der Waals surface area (Å²) in [6.07, 6.45) is 0. The van der Waals surface area contributed by atoms with E-state index in [1.165, 1.54) is 0 Å². The Morgan fingerprint density at radius 1 is 1.83 bits per heavy atom. The molecule has 0 spiro atoms. The van der Waals surface area contributed by atoms with E-state index in [9.17, 15) is 0 Å². The Morgan fingerprint density at radius 3 is 2.83 bits per heavy atom. The van der Waals surface area contributed by atoms with E-state index in [4.69, 9.17) is 0 Å². The van der Waals surface area contributed by atoms with Gasteiger partial charge in [0, 0.05) is 0 Å². The van der Waals surface area contributed by atoms with Gasteiger partial charge in [-0.3, -0.25) is 0 Å². The molecule has 0 fully saturated rings. The molecule has 3 heteroatoms. The van der Waals surface area contributed by atoms with Crippen LogP contribution in [-0.2, 0) is 7.05 Å². The van der Waals surface area contributed by atoms with Gasteiger partial charge in [0.25, 0.3) is 0 Å². The number of rotatable bonds is 0. The summed E-state index contributed by atoms with van der Waals surface area (Å²) < 4.78 is 1.83. The molecule has 2 nitrogen and oxygen atoms in total. The summed E-state index contributed by atoms with van der Waals surface area (Å²) in [6.45, 7) is 0. The van der Waals surface area contributed by atoms with Gasteiger partial charge in [-0.05, 0) is 0 Å². The van der Waals surface area contributed by atoms with Crippen LogP contribution in [0.2, 0.25) is 0 Å². The number of hydrogen-bond acceptors (Lipinski definition) is 1. The van der Waals surface area contributed by atoms with Crippen molar-refractivity contribution in [3.05, 3.63) is 10.1 Å². The molecule has 0 aliphatic heterocycles. The first-order valence-electron chi connectivity index (χ1n) is 1.64. The first-order chi connectivity index (χ1) is 2.89. The maximum atomic E-state index is 3.92. The Morgan fingerprint density at radius 2 is 2.67 bits per heavy atom. The molecule has 0 aliphatic rings.